The van der Waals surface area contributed by atoms with E-state index in [4.69, 9.17) is 16.7 Å². The Bertz CT molecular complexity index is 713. The molecule has 21 heavy (non-hydrogen) atoms. The molecule has 0 spiro atoms. The van der Waals surface area contributed by atoms with Gasteiger partial charge in [-0.25, -0.2) is 0 Å². The van der Waals surface area contributed by atoms with Gasteiger partial charge in [-0.2, -0.15) is 0 Å². The van der Waals surface area contributed by atoms with E-state index in [0.29, 0.717) is 17.1 Å². The molecule has 3 nitrogen and oxygen atoms in total. The highest BCUT2D eigenvalue weighted by Crippen LogP contribution is 2.19. The van der Waals surface area contributed by atoms with Gasteiger partial charge in [0.15, 0.2) is 0 Å². The van der Waals surface area contributed by atoms with Crippen molar-refractivity contribution in [2.45, 2.75) is 13.5 Å². The number of carbonyl (C=O) groups excluding carboxylic acids is 1. The number of aliphatic hydroxyl groups excluding tert-OH is 1. The molecular formula is C16H14ClNO2S. The van der Waals surface area contributed by atoms with Crippen LogP contribution in [0.5, 0.6) is 0 Å². The molecule has 0 saturated carbocycles. The SMILES string of the molecule is Cc1c(Cl)cccc1C(=O)NCc1sccc1C#CCO. The molecular weight excluding hydrogens is 306 g/mol. The lowest BCUT2D eigenvalue weighted by Crippen LogP contribution is -2.23. The minimum atomic E-state index is -0.177. The number of benzene rings is 1. The third kappa shape index (κ3) is 3.85. The van der Waals surface area contributed by atoms with Crippen molar-refractivity contribution in [2.75, 3.05) is 6.61 Å². The van der Waals surface area contributed by atoms with E-state index in [1.54, 1.807) is 18.2 Å². The second-order valence-electron chi connectivity index (χ2n) is 4.31. The molecule has 2 N–H and O–H groups in total. The number of aliphatic hydroxyl groups is 1. The molecule has 0 bridgehead atoms. The quantitative estimate of drug-likeness (QED) is 0.855. The molecule has 1 aromatic carbocycles. The zero-order chi connectivity index (χ0) is 15.2. The third-order valence-electron chi connectivity index (χ3n) is 2.97. The summed E-state index contributed by atoms with van der Waals surface area (Å²) in [7, 11) is 0. The summed E-state index contributed by atoms with van der Waals surface area (Å²) in [6.45, 7) is 2.04. The molecule has 2 aromatic rings. The molecule has 1 amide bonds. The highest BCUT2D eigenvalue weighted by molar-refractivity contribution is 7.10. The number of hydrogen-bond acceptors (Lipinski definition) is 3. The fraction of sp³-hybridized carbons (Fsp3) is 0.188. The number of halogens is 1. The minimum Gasteiger partial charge on any atom is -0.384 e. The van der Waals surface area contributed by atoms with Crippen molar-refractivity contribution in [3.63, 3.8) is 0 Å². The topological polar surface area (TPSA) is 49.3 Å². The van der Waals surface area contributed by atoms with Crippen LogP contribution in [0.2, 0.25) is 5.02 Å². The van der Waals surface area contributed by atoms with E-state index in [1.165, 1.54) is 11.3 Å². The number of rotatable bonds is 3. The molecule has 0 aliphatic rings. The van der Waals surface area contributed by atoms with Gasteiger partial charge >= 0.3 is 0 Å². The Labute approximate surface area is 132 Å². The summed E-state index contributed by atoms with van der Waals surface area (Å²) in [5, 5.41) is 14.1. The maximum atomic E-state index is 12.2. The highest BCUT2D eigenvalue weighted by atomic mass is 35.5. The first-order valence-electron chi connectivity index (χ1n) is 6.33. The average molecular weight is 320 g/mol. The summed E-state index contributed by atoms with van der Waals surface area (Å²) in [6, 6.07) is 7.14. The first-order chi connectivity index (χ1) is 10.1. The van der Waals surface area contributed by atoms with Crippen LogP contribution in [0.1, 0.15) is 26.4 Å². The molecule has 1 aromatic heterocycles. The summed E-state index contributed by atoms with van der Waals surface area (Å²) < 4.78 is 0. The number of carbonyl (C=O) groups is 1. The normalized spacial score (nSPS) is 9.86. The van der Waals surface area contributed by atoms with Crippen molar-refractivity contribution in [3.8, 4) is 11.8 Å². The van der Waals surface area contributed by atoms with Crippen LogP contribution in [0.4, 0.5) is 0 Å². The molecule has 0 saturated heterocycles. The van der Waals surface area contributed by atoms with Crippen LogP contribution in [0, 0.1) is 18.8 Å². The molecule has 0 aliphatic carbocycles. The van der Waals surface area contributed by atoms with Crippen LogP contribution in [-0.4, -0.2) is 17.6 Å². The van der Waals surface area contributed by atoms with E-state index in [9.17, 15) is 4.79 Å². The smallest absolute Gasteiger partial charge is 0.251 e. The van der Waals surface area contributed by atoms with Gasteiger partial charge in [-0.1, -0.05) is 29.5 Å². The van der Waals surface area contributed by atoms with E-state index >= 15 is 0 Å². The molecule has 0 aliphatic heterocycles. The Kier molecular flexibility index (Phi) is 5.40. The van der Waals surface area contributed by atoms with Gasteiger partial charge in [0.1, 0.15) is 6.61 Å². The molecule has 0 fully saturated rings. The average Bonchev–Trinajstić information content (AvgIpc) is 2.93. The Balaban J connectivity index is 2.08. The summed E-state index contributed by atoms with van der Waals surface area (Å²) in [4.78, 5) is 13.2. The van der Waals surface area contributed by atoms with Crippen LogP contribution in [0.15, 0.2) is 29.6 Å². The van der Waals surface area contributed by atoms with Crippen molar-refractivity contribution in [1.29, 1.82) is 0 Å². The predicted molar refractivity (Wildman–Crippen MR) is 85.6 cm³/mol. The van der Waals surface area contributed by atoms with Gasteiger partial charge in [-0.3, -0.25) is 4.79 Å². The summed E-state index contributed by atoms with van der Waals surface area (Å²) in [5.74, 6) is 5.31. The van der Waals surface area contributed by atoms with Gasteiger partial charge in [0, 0.05) is 21.0 Å². The number of nitrogens with one attached hydrogen (secondary N) is 1. The van der Waals surface area contributed by atoms with E-state index in [0.717, 1.165) is 16.0 Å². The van der Waals surface area contributed by atoms with Gasteiger partial charge in [-0.05, 0) is 36.1 Å². The van der Waals surface area contributed by atoms with Gasteiger partial charge in [-0.15, -0.1) is 11.3 Å². The standard InChI is InChI=1S/C16H14ClNO2S/c1-11-13(5-2-6-14(11)17)16(20)18-10-15-12(4-3-8-19)7-9-21-15/h2,5-7,9,19H,8,10H2,1H3,(H,18,20). The number of hydrogen-bond donors (Lipinski definition) is 2. The zero-order valence-corrected chi connectivity index (χ0v) is 13.0. The van der Waals surface area contributed by atoms with Crippen LogP contribution < -0.4 is 5.32 Å². The van der Waals surface area contributed by atoms with Crippen LogP contribution in [0.25, 0.3) is 0 Å². The Morgan fingerprint density at radius 3 is 3.00 bits per heavy atom. The molecule has 0 radical (unpaired) electrons. The zero-order valence-electron chi connectivity index (χ0n) is 11.4. The monoisotopic (exact) mass is 319 g/mol. The maximum Gasteiger partial charge on any atom is 0.251 e. The first kappa shape index (κ1) is 15.6. The second kappa shape index (κ2) is 7.28. The van der Waals surface area contributed by atoms with Crippen molar-refractivity contribution in [1.82, 2.24) is 5.32 Å². The van der Waals surface area contributed by atoms with Crippen LogP contribution in [-0.2, 0) is 6.54 Å². The summed E-state index contributed by atoms with van der Waals surface area (Å²) in [6.07, 6.45) is 0. The minimum absolute atomic E-state index is 0.163. The lowest BCUT2D eigenvalue weighted by molar-refractivity contribution is 0.0950. The Morgan fingerprint density at radius 1 is 1.43 bits per heavy atom. The molecule has 5 heteroatoms. The third-order valence-corrected chi connectivity index (χ3v) is 4.30. The largest absolute Gasteiger partial charge is 0.384 e. The van der Waals surface area contributed by atoms with Crippen molar-refractivity contribution in [2.24, 2.45) is 0 Å². The van der Waals surface area contributed by atoms with E-state index in [1.807, 2.05) is 18.4 Å². The Hall–Kier alpha value is -1.80. The van der Waals surface area contributed by atoms with Gasteiger partial charge in [0.05, 0.1) is 6.54 Å². The Morgan fingerprint density at radius 2 is 2.24 bits per heavy atom. The van der Waals surface area contributed by atoms with Gasteiger partial charge < -0.3 is 10.4 Å². The highest BCUT2D eigenvalue weighted by Gasteiger charge is 2.11. The predicted octanol–water partition coefficient (Wildman–Crippen LogP) is 2.98. The van der Waals surface area contributed by atoms with E-state index in [2.05, 4.69) is 17.2 Å². The summed E-state index contributed by atoms with van der Waals surface area (Å²) >= 11 is 7.54. The maximum absolute atomic E-state index is 12.2. The molecule has 0 unspecified atom stereocenters. The van der Waals surface area contributed by atoms with E-state index in [-0.39, 0.29) is 12.5 Å². The first-order valence-corrected chi connectivity index (χ1v) is 7.58. The van der Waals surface area contributed by atoms with E-state index < -0.39 is 0 Å². The molecule has 2 rings (SSSR count). The lowest BCUT2D eigenvalue weighted by Gasteiger charge is -2.08. The van der Waals surface area contributed by atoms with Crippen molar-refractivity contribution >= 4 is 28.8 Å². The summed E-state index contributed by atoms with van der Waals surface area (Å²) in [5.41, 5.74) is 2.17. The number of amides is 1. The van der Waals surface area contributed by atoms with Gasteiger partial charge in [0.25, 0.3) is 5.91 Å². The molecule has 108 valence electrons. The fourth-order valence-electron chi connectivity index (χ4n) is 1.83. The van der Waals surface area contributed by atoms with Crippen LogP contribution >= 0.6 is 22.9 Å². The lowest BCUT2D eigenvalue weighted by atomic mass is 10.1. The van der Waals surface area contributed by atoms with Crippen molar-refractivity contribution < 1.29 is 9.90 Å². The fourth-order valence-corrected chi connectivity index (χ4v) is 2.78. The molecule has 0 atom stereocenters. The molecule has 1 heterocycles. The number of thiophene rings is 1. The van der Waals surface area contributed by atoms with Crippen molar-refractivity contribution in [3.05, 3.63) is 56.2 Å². The second-order valence-corrected chi connectivity index (χ2v) is 5.72. The van der Waals surface area contributed by atoms with Gasteiger partial charge in [0.2, 0.25) is 0 Å². The van der Waals surface area contributed by atoms with Crippen LogP contribution in [0.3, 0.4) is 0 Å².